The van der Waals surface area contributed by atoms with Crippen LogP contribution in [0.15, 0.2) is 12.3 Å². The Labute approximate surface area is 136 Å². The van der Waals surface area contributed by atoms with Crippen molar-refractivity contribution in [1.82, 2.24) is 9.78 Å². The van der Waals surface area contributed by atoms with Crippen LogP contribution in [0, 0.1) is 0 Å². The molecule has 118 valence electrons. The molecule has 2 fully saturated rings. The average Bonchev–Trinajstić information content (AvgIpc) is 3.12. The van der Waals surface area contributed by atoms with E-state index >= 15 is 0 Å². The Kier molecular flexibility index (Phi) is 5.23. The highest BCUT2D eigenvalue weighted by molar-refractivity contribution is 8.07. The van der Waals surface area contributed by atoms with Crippen molar-refractivity contribution in [3.63, 3.8) is 0 Å². The molecule has 2 heterocycles. The van der Waals surface area contributed by atoms with Crippen LogP contribution in [0.2, 0.25) is 0 Å². The van der Waals surface area contributed by atoms with Gasteiger partial charge in [0.15, 0.2) is 0 Å². The Morgan fingerprint density at radius 2 is 2.10 bits per heavy atom. The van der Waals surface area contributed by atoms with Crippen LogP contribution in [0.3, 0.4) is 0 Å². The number of thioether (sulfide) groups is 2. The lowest BCUT2D eigenvalue weighted by Crippen LogP contribution is -2.35. The van der Waals surface area contributed by atoms with E-state index in [-0.39, 0.29) is 6.10 Å². The van der Waals surface area contributed by atoms with Gasteiger partial charge >= 0.3 is 0 Å². The standard InChI is InChI=1S/C16H26N2OS2/c1-11-12(2)21-16(10-20-11)15(19)9-13-7-8-18(17-13)14-5-3-4-6-14/h7-8,11-12,14-16,19H,3-6,9-10H2,1-2H3. The zero-order valence-electron chi connectivity index (χ0n) is 12.9. The van der Waals surface area contributed by atoms with Crippen molar-refractivity contribution < 1.29 is 5.11 Å². The van der Waals surface area contributed by atoms with Gasteiger partial charge < -0.3 is 5.11 Å². The minimum absolute atomic E-state index is 0.274. The summed E-state index contributed by atoms with van der Waals surface area (Å²) in [6.07, 6.45) is 7.69. The number of nitrogens with zero attached hydrogens (tertiary/aromatic N) is 2. The smallest absolute Gasteiger partial charge is 0.0722 e. The topological polar surface area (TPSA) is 38.0 Å². The Bertz CT molecular complexity index is 459. The lowest BCUT2D eigenvalue weighted by molar-refractivity contribution is 0.175. The highest BCUT2D eigenvalue weighted by atomic mass is 32.2. The number of rotatable bonds is 4. The van der Waals surface area contributed by atoms with E-state index in [4.69, 9.17) is 5.10 Å². The first-order valence-corrected chi connectivity index (χ1v) is 10.1. The molecule has 1 N–H and O–H groups in total. The lowest BCUT2D eigenvalue weighted by atomic mass is 10.1. The molecule has 0 aromatic carbocycles. The molecule has 1 saturated carbocycles. The SMILES string of the molecule is CC1SCC(C(O)Cc2ccn(C3CCCC3)n2)SC1C. The van der Waals surface area contributed by atoms with Gasteiger partial charge in [0, 0.05) is 34.1 Å². The van der Waals surface area contributed by atoms with Crippen LogP contribution < -0.4 is 0 Å². The van der Waals surface area contributed by atoms with Gasteiger partial charge in [-0.2, -0.15) is 28.6 Å². The summed E-state index contributed by atoms with van der Waals surface area (Å²) in [4.78, 5) is 0. The van der Waals surface area contributed by atoms with Crippen LogP contribution in [0.1, 0.15) is 51.3 Å². The minimum atomic E-state index is -0.274. The maximum Gasteiger partial charge on any atom is 0.0722 e. The highest BCUT2D eigenvalue weighted by Gasteiger charge is 2.30. The van der Waals surface area contributed by atoms with Crippen LogP contribution in [0.4, 0.5) is 0 Å². The van der Waals surface area contributed by atoms with Gasteiger partial charge in [0.1, 0.15) is 0 Å². The predicted octanol–water partition coefficient (Wildman–Crippen LogP) is 3.53. The summed E-state index contributed by atoms with van der Waals surface area (Å²) in [5.74, 6) is 1.06. The molecule has 3 nitrogen and oxygen atoms in total. The predicted molar refractivity (Wildman–Crippen MR) is 92.2 cm³/mol. The molecule has 0 amide bonds. The van der Waals surface area contributed by atoms with Gasteiger partial charge in [0.2, 0.25) is 0 Å². The molecule has 0 spiro atoms. The van der Waals surface area contributed by atoms with E-state index in [2.05, 4.69) is 30.8 Å². The van der Waals surface area contributed by atoms with Gasteiger partial charge in [-0.1, -0.05) is 26.7 Å². The molecule has 21 heavy (non-hydrogen) atoms. The minimum Gasteiger partial charge on any atom is -0.392 e. The first-order valence-electron chi connectivity index (χ1n) is 8.12. The molecular weight excluding hydrogens is 300 g/mol. The normalized spacial score (nSPS) is 32.4. The summed E-state index contributed by atoms with van der Waals surface area (Å²) in [6.45, 7) is 4.56. The molecule has 4 atom stereocenters. The first-order chi connectivity index (χ1) is 10.1. The van der Waals surface area contributed by atoms with Crippen LogP contribution >= 0.6 is 23.5 Å². The maximum absolute atomic E-state index is 10.5. The van der Waals surface area contributed by atoms with Crippen LogP contribution in [0.5, 0.6) is 0 Å². The first kappa shape index (κ1) is 15.8. The van der Waals surface area contributed by atoms with Gasteiger partial charge in [0.05, 0.1) is 17.8 Å². The summed E-state index contributed by atoms with van der Waals surface area (Å²) in [7, 11) is 0. The molecule has 1 aromatic heterocycles. The van der Waals surface area contributed by atoms with E-state index in [0.29, 0.717) is 28.2 Å². The Morgan fingerprint density at radius 3 is 2.81 bits per heavy atom. The molecule has 1 aliphatic carbocycles. The van der Waals surface area contributed by atoms with Crippen molar-refractivity contribution in [1.29, 1.82) is 0 Å². The summed E-state index contributed by atoms with van der Waals surface area (Å²) < 4.78 is 2.13. The van der Waals surface area contributed by atoms with Gasteiger partial charge in [-0.05, 0) is 18.9 Å². The molecule has 4 unspecified atom stereocenters. The van der Waals surface area contributed by atoms with E-state index in [9.17, 15) is 5.11 Å². The highest BCUT2D eigenvalue weighted by Crippen LogP contribution is 2.37. The van der Waals surface area contributed by atoms with Crippen molar-refractivity contribution in [2.45, 2.75) is 73.8 Å². The number of aliphatic hydroxyl groups is 1. The molecule has 0 bridgehead atoms. The largest absolute Gasteiger partial charge is 0.392 e. The van der Waals surface area contributed by atoms with Gasteiger partial charge in [-0.25, -0.2) is 0 Å². The second-order valence-electron chi connectivity index (χ2n) is 6.41. The summed E-state index contributed by atoms with van der Waals surface area (Å²) in [6, 6.07) is 2.69. The van der Waals surface area contributed by atoms with Gasteiger partial charge in [0.25, 0.3) is 0 Å². The van der Waals surface area contributed by atoms with E-state index < -0.39 is 0 Å². The van der Waals surface area contributed by atoms with Crippen molar-refractivity contribution in [2.24, 2.45) is 0 Å². The molecule has 3 rings (SSSR count). The van der Waals surface area contributed by atoms with Crippen molar-refractivity contribution in [3.05, 3.63) is 18.0 Å². The molecule has 1 aliphatic heterocycles. The number of hydrogen-bond acceptors (Lipinski definition) is 4. The molecule has 2 aliphatic rings. The molecule has 5 heteroatoms. The molecule has 0 radical (unpaired) electrons. The lowest BCUT2D eigenvalue weighted by Gasteiger charge is -2.33. The van der Waals surface area contributed by atoms with Crippen molar-refractivity contribution in [3.8, 4) is 0 Å². The van der Waals surface area contributed by atoms with Gasteiger partial charge in [-0.15, -0.1) is 0 Å². The number of aromatic nitrogens is 2. The molecule has 1 saturated heterocycles. The zero-order chi connectivity index (χ0) is 14.8. The van der Waals surface area contributed by atoms with Crippen LogP contribution in [-0.2, 0) is 6.42 Å². The maximum atomic E-state index is 10.5. The van der Waals surface area contributed by atoms with Gasteiger partial charge in [-0.3, -0.25) is 4.68 Å². The Balaban J connectivity index is 1.56. The fourth-order valence-corrected chi connectivity index (χ4v) is 6.23. The van der Waals surface area contributed by atoms with E-state index in [1.165, 1.54) is 25.7 Å². The van der Waals surface area contributed by atoms with Crippen LogP contribution in [-0.4, -0.2) is 42.5 Å². The number of aliphatic hydroxyl groups excluding tert-OH is 1. The summed E-state index contributed by atoms with van der Waals surface area (Å²) in [5.41, 5.74) is 1.05. The monoisotopic (exact) mass is 326 g/mol. The number of hydrogen-bond donors (Lipinski definition) is 1. The Morgan fingerprint density at radius 1 is 1.33 bits per heavy atom. The van der Waals surface area contributed by atoms with E-state index in [0.717, 1.165) is 11.4 Å². The second kappa shape index (κ2) is 6.97. The van der Waals surface area contributed by atoms with Crippen molar-refractivity contribution in [2.75, 3.05) is 5.75 Å². The average molecular weight is 327 g/mol. The fourth-order valence-electron chi connectivity index (χ4n) is 3.21. The summed E-state index contributed by atoms with van der Waals surface area (Å²) >= 11 is 3.94. The molecular formula is C16H26N2OS2. The molecule has 1 aromatic rings. The second-order valence-corrected chi connectivity index (χ2v) is 9.45. The third-order valence-electron chi connectivity index (χ3n) is 4.78. The third-order valence-corrected chi connectivity index (χ3v) is 8.32. The van der Waals surface area contributed by atoms with E-state index in [1.54, 1.807) is 0 Å². The fraction of sp³-hybridized carbons (Fsp3) is 0.812. The third kappa shape index (κ3) is 3.80. The zero-order valence-corrected chi connectivity index (χ0v) is 14.6. The van der Waals surface area contributed by atoms with E-state index in [1.807, 2.05) is 23.5 Å². The van der Waals surface area contributed by atoms with Crippen LogP contribution in [0.25, 0.3) is 0 Å². The Hall–Kier alpha value is -0.130. The van der Waals surface area contributed by atoms with Crippen molar-refractivity contribution >= 4 is 23.5 Å². The quantitative estimate of drug-likeness (QED) is 0.918. The summed E-state index contributed by atoms with van der Waals surface area (Å²) in [5, 5.41) is 16.9.